The molecule has 1 aliphatic rings. The lowest BCUT2D eigenvalue weighted by Crippen LogP contribution is -1.96. The first-order chi connectivity index (χ1) is 11.7. The van der Waals surface area contributed by atoms with Gasteiger partial charge in [0.05, 0.1) is 19.6 Å². The molecule has 2 heterocycles. The van der Waals surface area contributed by atoms with Crippen molar-refractivity contribution in [1.82, 2.24) is 9.97 Å². The second kappa shape index (κ2) is 5.94. The van der Waals surface area contributed by atoms with E-state index in [9.17, 15) is 0 Å². The summed E-state index contributed by atoms with van der Waals surface area (Å²) >= 11 is 1.76. The second-order valence-corrected chi connectivity index (χ2v) is 6.85. The van der Waals surface area contributed by atoms with E-state index in [0.717, 1.165) is 23.1 Å². The van der Waals surface area contributed by atoms with E-state index in [0.29, 0.717) is 29.0 Å². The maximum atomic E-state index is 6.14. The summed E-state index contributed by atoms with van der Waals surface area (Å²) in [5, 5.41) is 1.06. The molecule has 2 aromatic heterocycles. The third kappa shape index (κ3) is 2.57. The van der Waals surface area contributed by atoms with E-state index in [2.05, 4.69) is 9.97 Å². The zero-order valence-corrected chi connectivity index (χ0v) is 14.7. The van der Waals surface area contributed by atoms with Crippen molar-refractivity contribution in [3.05, 3.63) is 34.5 Å². The highest BCUT2D eigenvalue weighted by atomic mass is 32.1. The van der Waals surface area contributed by atoms with Crippen LogP contribution in [0.2, 0.25) is 0 Å². The van der Waals surface area contributed by atoms with Crippen LogP contribution in [-0.4, -0.2) is 24.2 Å². The summed E-state index contributed by atoms with van der Waals surface area (Å²) in [6, 6.07) is 5.48. The molecule has 0 radical (unpaired) electrons. The van der Waals surface area contributed by atoms with E-state index in [1.165, 1.54) is 16.9 Å². The Kier molecular flexibility index (Phi) is 3.76. The summed E-state index contributed by atoms with van der Waals surface area (Å²) in [7, 11) is 3.24. The number of aromatic nitrogens is 2. The molecular formula is C18H18N2O3S. The van der Waals surface area contributed by atoms with Crippen LogP contribution in [0.4, 0.5) is 0 Å². The van der Waals surface area contributed by atoms with Crippen LogP contribution < -0.4 is 14.2 Å². The van der Waals surface area contributed by atoms with E-state index in [1.807, 2.05) is 25.1 Å². The molecule has 124 valence electrons. The van der Waals surface area contributed by atoms with Crippen molar-refractivity contribution in [1.29, 1.82) is 0 Å². The molecule has 6 heteroatoms. The Hall–Kier alpha value is -2.34. The average Bonchev–Trinajstić information content (AvgIpc) is 3.14. The fourth-order valence-electron chi connectivity index (χ4n) is 3.09. The minimum atomic E-state index is 0.618. The predicted octanol–water partition coefficient (Wildman–Crippen LogP) is 4.30. The molecule has 1 aromatic carbocycles. The van der Waals surface area contributed by atoms with Crippen LogP contribution in [-0.2, 0) is 12.8 Å². The average molecular weight is 342 g/mol. The van der Waals surface area contributed by atoms with Gasteiger partial charge in [-0.1, -0.05) is 0 Å². The van der Waals surface area contributed by atoms with Crippen LogP contribution in [0.1, 0.15) is 22.7 Å². The lowest BCUT2D eigenvalue weighted by Gasteiger charge is -2.11. The van der Waals surface area contributed by atoms with Gasteiger partial charge in [-0.15, -0.1) is 11.3 Å². The number of benzene rings is 1. The maximum absolute atomic E-state index is 6.14. The number of rotatable bonds is 4. The lowest BCUT2D eigenvalue weighted by atomic mass is 10.2. The van der Waals surface area contributed by atoms with Crippen LogP contribution in [0.5, 0.6) is 23.1 Å². The minimum absolute atomic E-state index is 0.618. The van der Waals surface area contributed by atoms with Crippen molar-refractivity contribution < 1.29 is 14.2 Å². The van der Waals surface area contributed by atoms with Crippen LogP contribution in [0.25, 0.3) is 10.2 Å². The van der Waals surface area contributed by atoms with Crippen molar-refractivity contribution >= 4 is 21.6 Å². The van der Waals surface area contributed by atoms with Crippen LogP contribution in [0.3, 0.4) is 0 Å². The quantitative estimate of drug-likeness (QED) is 0.707. The van der Waals surface area contributed by atoms with Crippen LogP contribution in [0.15, 0.2) is 18.2 Å². The molecule has 0 saturated carbocycles. The number of nitrogens with zero attached hydrogens (tertiary/aromatic N) is 2. The summed E-state index contributed by atoms with van der Waals surface area (Å²) in [4.78, 5) is 11.6. The molecule has 0 bridgehead atoms. The SMILES string of the molecule is COc1cc(OC)cc(Oc2nc(C)nc3sc4c(c23)CCC4)c1. The third-order valence-electron chi connectivity index (χ3n) is 4.18. The van der Waals surface area contributed by atoms with Crippen molar-refractivity contribution in [3.8, 4) is 23.1 Å². The van der Waals surface area contributed by atoms with Gasteiger partial charge in [-0.25, -0.2) is 4.98 Å². The zero-order valence-electron chi connectivity index (χ0n) is 13.9. The first-order valence-electron chi connectivity index (χ1n) is 7.87. The summed E-state index contributed by atoms with van der Waals surface area (Å²) < 4.78 is 16.8. The van der Waals surface area contributed by atoms with Crippen molar-refractivity contribution in [2.75, 3.05) is 14.2 Å². The molecule has 0 amide bonds. The first-order valence-corrected chi connectivity index (χ1v) is 8.69. The third-order valence-corrected chi connectivity index (χ3v) is 5.37. The Labute approximate surface area is 144 Å². The zero-order chi connectivity index (χ0) is 16.7. The van der Waals surface area contributed by atoms with Gasteiger partial charge in [0.25, 0.3) is 0 Å². The summed E-state index contributed by atoms with van der Waals surface area (Å²) in [5.74, 6) is 3.34. The van der Waals surface area contributed by atoms with Crippen LogP contribution in [0, 0.1) is 6.92 Å². The number of hydrogen-bond acceptors (Lipinski definition) is 6. The Bertz CT molecular complexity index is 898. The number of hydrogen-bond donors (Lipinski definition) is 0. The van der Waals surface area contributed by atoms with E-state index in [4.69, 9.17) is 14.2 Å². The minimum Gasteiger partial charge on any atom is -0.496 e. The Morgan fingerprint density at radius 3 is 2.38 bits per heavy atom. The first kappa shape index (κ1) is 15.2. The van der Waals surface area contributed by atoms with Gasteiger partial charge >= 0.3 is 0 Å². The van der Waals surface area contributed by atoms with E-state index >= 15 is 0 Å². The Balaban J connectivity index is 1.82. The number of ether oxygens (including phenoxy) is 3. The predicted molar refractivity (Wildman–Crippen MR) is 93.8 cm³/mol. The topological polar surface area (TPSA) is 53.5 Å². The van der Waals surface area contributed by atoms with Crippen molar-refractivity contribution in [2.45, 2.75) is 26.2 Å². The fourth-order valence-corrected chi connectivity index (χ4v) is 4.39. The van der Waals surface area contributed by atoms with Gasteiger partial charge in [-0.3, -0.25) is 0 Å². The fraction of sp³-hybridized carbons (Fsp3) is 0.333. The maximum Gasteiger partial charge on any atom is 0.231 e. The molecule has 3 aromatic rings. The van der Waals surface area contributed by atoms with Gasteiger partial charge in [-0.2, -0.15) is 4.98 Å². The molecule has 4 rings (SSSR count). The molecule has 24 heavy (non-hydrogen) atoms. The standard InChI is InChI=1S/C18H18N2O3S/c1-10-19-17(16-14-5-4-6-15(14)24-18(16)20-10)23-13-8-11(21-2)7-12(9-13)22-3/h7-9H,4-6H2,1-3H3. The second-order valence-electron chi connectivity index (χ2n) is 5.76. The summed E-state index contributed by atoms with van der Waals surface area (Å²) in [6.45, 7) is 1.89. The smallest absolute Gasteiger partial charge is 0.231 e. The van der Waals surface area contributed by atoms with Crippen LogP contribution >= 0.6 is 11.3 Å². The van der Waals surface area contributed by atoms with Crippen molar-refractivity contribution in [3.63, 3.8) is 0 Å². The Morgan fingerprint density at radius 1 is 0.958 bits per heavy atom. The molecular weight excluding hydrogens is 324 g/mol. The number of methoxy groups -OCH3 is 2. The normalized spacial score (nSPS) is 13.1. The van der Waals surface area contributed by atoms with Gasteiger partial charge in [0, 0.05) is 23.1 Å². The summed E-state index contributed by atoms with van der Waals surface area (Å²) in [6.07, 6.45) is 3.39. The number of aryl methyl sites for hydroxylation is 3. The molecule has 0 saturated heterocycles. The highest BCUT2D eigenvalue weighted by Gasteiger charge is 2.23. The molecule has 1 aliphatic carbocycles. The van der Waals surface area contributed by atoms with E-state index in [1.54, 1.807) is 25.6 Å². The highest BCUT2D eigenvalue weighted by Crippen LogP contribution is 2.42. The Morgan fingerprint density at radius 2 is 1.67 bits per heavy atom. The molecule has 0 unspecified atom stereocenters. The van der Waals surface area contributed by atoms with Gasteiger partial charge < -0.3 is 14.2 Å². The molecule has 0 aliphatic heterocycles. The molecule has 0 spiro atoms. The van der Waals surface area contributed by atoms with E-state index < -0.39 is 0 Å². The number of fused-ring (bicyclic) bond motifs is 3. The highest BCUT2D eigenvalue weighted by molar-refractivity contribution is 7.19. The van der Waals surface area contributed by atoms with Gasteiger partial charge in [0.2, 0.25) is 5.88 Å². The summed E-state index contributed by atoms with van der Waals surface area (Å²) in [5.41, 5.74) is 1.35. The van der Waals surface area contributed by atoms with Gasteiger partial charge in [0.1, 0.15) is 27.9 Å². The molecule has 0 N–H and O–H groups in total. The van der Waals surface area contributed by atoms with E-state index in [-0.39, 0.29) is 0 Å². The number of thiophene rings is 1. The lowest BCUT2D eigenvalue weighted by molar-refractivity contribution is 0.385. The van der Waals surface area contributed by atoms with Crippen molar-refractivity contribution in [2.24, 2.45) is 0 Å². The molecule has 0 atom stereocenters. The largest absolute Gasteiger partial charge is 0.496 e. The molecule has 0 fully saturated rings. The van der Waals surface area contributed by atoms with Gasteiger partial charge in [-0.05, 0) is 31.7 Å². The molecule has 5 nitrogen and oxygen atoms in total. The monoisotopic (exact) mass is 342 g/mol. The van der Waals surface area contributed by atoms with Gasteiger partial charge in [0.15, 0.2) is 0 Å².